The number of rotatable bonds is 4. The second-order valence-corrected chi connectivity index (χ2v) is 6.51. The maximum Gasteiger partial charge on any atom is 0.315 e. The Labute approximate surface area is 155 Å². The third-order valence-corrected chi connectivity index (χ3v) is 4.87. The van der Waals surface area contributed by atoms with Gasteiger partial charge in [0.2, 0.25) is 0 Å². The fraction of sp³-hybridized carbons (Fsp3) is 0.368. The molecule has 0 saturated heterocycles. The lowest BCUT2D eigenvalue weighted by molar-refractivity contribution is -0.398. The van der Waals surface area contributed by atoms with Crippen molar-refractivity contribution in [3.05, 3.63) is 57.4 Å². The third kappa shape index (κ3) is 3.30. The number of ether oxygens (including phenoxy) is 1. The Bertz CT molecular complexity index is 873. The van der Waals surface area contributed by atoms with E-state index in [1.165, 1.54) is 6.07 Å². The molecule has 1 aromatic rings. The molecule has 1 heterocycles. The molecule has 2 atom stereocenters. The van der Waals surface area contributed by atoms with Gasteiger partial charge in [-0.1, -0.05) is 18.7 Å². The van der Waals surface area contributed by atoms with Crippen molar-refractivity contribution in [2.75, 3.05) is 6.61 Å². The van der Waals surface area contributed by atoms with E-state index in [1.54, 1.807) is 6.92 Å². The van der Waals surface area contributed by atoms with Gasteiger partial charge in [0.1, 0.15) is 5.92 Å². The summed E-state index contributed by atoms with van der Waals surface area (Å²) in [5.74, 6) is -3.11. The van der Waals surface area contributed by atoms with Gasteiger partial charge in [0.25, 0.3) is 5.69 Å². The van der Waals surface area contributed by atoms with Gasteiger partial charge >= 0.3 is 5.97 Å². The van der Waals surface area contributed by atoms with Gasteiger partial charge < -0.3 is 15.2 Å². The summed E-state index contributed by atoms with van der Waals surface area (Å²) >= 11 is 0. The molecule has 1 aromatic carbocycles. The fourth-order valence-electron chi connectivity index (χ4n) is 3.73. The summed E-state index contributed by atoms with van der Waals surface area (Å²) in [6.45, 7) is 5.73. The quantitative estimate of drug-likeness (QED) is 0.488. The molecule has 0 fully saturated rings. The fourth-order valence-corrected chi connectivity index (χ4v) is 3.73. The van der Waals surface area contributed by atoms with Crippen molar-refractivity contribution in [2.24, 2.45) is 5.92 Å². The molecule has 1 aliphatic heterocycles. The number of nitro benzene ring substituents is 1. The summed E-state index contributed by atoms with van der Waals surface area (Å²) in [7, 11) is 0. The molecule has 2 aliphatic rings. The van der Waals surface area contributed by atoms with E-state index < -0.39 is 34.2 Å². The number of nitro groups is 1. The number of carbonyl (C=O) groups excluding carboxylic acids is 2. The van der Waals surface area contributed by atoms with Crippen LogP contribution in [-0.2, 0) is 14.3 Å². The van der Waals surface area contributed by atoms with Crippen molar-refractivity contribution in [2.45, 2.75) is 32.1 Å². The van der Waals surface area contributed by atoms with Gasteiger partial charge in [-0.05, 0) is 31.1 Å². The number of Topliss-reactive ketones (excluding diaryl/α,β-unsaturated/α-hetero) is 1. The van der Waals surface area contributed by atoms with Crippen LogP contribution in [0.1, 0.15) is 37.7 Å². The van der Waals surface area contributed by atoms with Crippen molar-refractivity contribution in [1.82, 2.24) is 5.32 Å². The summed E-state index contributed by atoms with van der Waals surface area (Å²) in [6, 6.07) is 3.66. The van der Waals surface area contributed by atoms with Crippen molar-refractivity contribution < 1.29 is 24.4 Å². The van der Waals surface area contributed by atoms with Crippen molar-refractivity contribution in [3.63, 3.8) is 0 Å². The van der Waals surface area contributed by atoms with Gasteiger partial charge in [0, 0.05) is 35.4 Å². The molecule has 0 amide bonds. The maximum atomic E-state index is 12.7. The zero-order chi connectivity index (χ0) is 19.7. The highest BCUT2D eigenvalue weighted by Gasteiger charge is 2.44. The van der Waals surface area contributed by atoms with Crippen LogP contribution in [0.25, 0.3) is 0 Å². The van der Waals surface area contributed by atoms with Crippen molar-refractivity contribution in [1.29, 1.82) is 0 Å². The summed E-state index contributed by atoms with van der Waals surface area (Å²) in [4.78, 5) is 35.7. The lowest BCUT2D eigenvalue weighted by Crippen LogP contribution is -2.41. The molecule has 8 heteroatoms. The van der Waals surface area contributed by atoms with E-state index in [0.717, 1.165) is 12.1 Å². The minimum atomic E-state index is -0.914. The predicted molar refractivity (Wildman–Crippen MR) is 93.6 cm³/mol. The second kappa shape index (κ2) is 7.22. The summed E-state index contributed by atoms with van der Waals surface area (Å²) in [5, 5.41) is 26.0. The van der Waals surface area contributed by atoms with Crippen LogP contribution in [-0.4, -0.2) is 23.3 Å². The van der Waals surface area contributed by atoms with E-state index in [9.17, 15) is 24.8 Å². The standard InChI is InChI=1S/C19H20N2O6/c1-3-27-19(24)16-10(2)20-12-5-4-6-15(23)18(12)17(16)11-7-8-14(22)13(9-11)21(25)26/h7-9,16-17,20,22H,2-6H2,1H3/p-1. The highest BCUT2D eigenvalue weighted by atomic mass is 16.6. The van der Waals surface area contributed by atoms with Gasteiger partial charge in [0.15, 0.2) is 5.78 Å². The van der Waals surface area contributed by atoms with Crippen molar-refractivity contribution in [3.8, 4) is 5.75 Å². The lowest BCUT2D eigenvalue weighted by atomic mass is 9.71. The molecule has 142 valence electrons. The molecule has 1 aliphatic carbocycles. The summed E-state index contributed by atoms with van der Waals surface area (Å²) in [6.07, 6.45) is 1.63. The van der Waals surface area contributed by atoms with Crippen LogP contribution >= 0.6 is 0 Å². The Morgan fingerprint density at radius 3 is 2.81 bits per heavy atom. The number of esters is 1. The topological polar surface area (TPSA) is 122 Å². The monoisotopic (exact) mass is 371 g/mol. The van der Waals surface area contributed by atoms with Crippen LogP contribution in [0.15, 0.2) is 41.7 Å². The second-order valence-electron chi connectivity index (χ2n) is 6.51. The molecule has 1 N–H and O–H groups in total. The Balaban J connectivity index is 2.19. The van der Waals surface area contributed by atoms with Gasteiger partial charge in [-0.2, -0.15) is 0 Å². The average Bonchev–Trinajstić information content (AvgIpc) is 2.61. The molecule has 0 radical (unpaired) electrons. The molecule has 2 unspecified atom stereocenters. The SMILES string of the molecule is C=C1NC2=C(C(=O)CCC2)C(c2ccc([O-])c([N+](=O)[O-])c2)C1C(=O)OCC. The highest BCUT2D eigenvalue weighted by Crippen LogP contribution is 2.45. The van der Waals surface area contributed by atoms with E-state index in [0.29, 0.717) is 41.8 Å². The van der Waals surface area contributed by atoms with Crippen molar-refractivity contribution >= 4 is 17.4 Å². The Morgan fingerprint density at radius 1 is 1.41 bits per heavy atom. The Morgan fingerprint density at radius 2 is 2.15 bits per heavy atom. The van der Waals surface area contributed by atoms with Crippen LogP contribution in [0.3, 0.4) is 0 Å². The van der Waals surface area contributed by atoms with Gasteiger partial charge in [0.05, 0.1) is 11.5 Å². The average molecular weight is 371 g/mol. The zero-order valence-electron chi connectivity index (χ0n) is 14.8. The number of allylic oxidation sites excluding steroid dienone is 2. The molecular formula is C19H19N2O6-. The maximum absolute atomic E-state index is 12.7. The first kappa shape index (κ1) is 18.6. The number of nitrogens with one attached hydrogen (secondary N) is 1. The number of ketones is 1. The van der Waals surface area contributed by atoms with Crippen LogP contribution in [0.4, 0.5) is 5.69 Å². The molecular weight excluding hydrogens is 352 g/mol. The number of nitrogens with zero attached hydrogens (tertiary/aromatic N) is 1. The number of hydrogen-bond donors (Lipinski definition) is 1. The molecule has 0 saturated carbocycles. The molecule has 3 rings (SSSR count). The highest BCUT2D eigenvalue weighted by molar-refractivity contribution is 6.00. The van der Waals surface area contributed by atoms with Gasteiger partial charge in [-0.3, -0.25) is 19.7 Å². The smallest absolute Gasteiger partial charge is 0.315 e. The lowest BCUT2D eigenvalue weighted by Gasteiger charge is -2.38. The minimum Gasteiger partial charge on any atom is -0.868 e. The summed E-state index contributed by atoms with van der Waals surface area (Å²) < 4.78 is 5.15. The largest absolute Gasteiger partial charge is 0.868 e. The zero-order valence-corrected chi connectivity index (χ0v) is 14.8. The Kier molecular flexibility index (Phi) is 4.98. The minimum absolute atomic E-state index is 0.121. The van der Waals surface area contributed by atoms with Crippen LogP contribution in [0, 0.1) is 16.0 Å². The first-order valence-corrected chi connectivity index (χ1v) is 8.69. The van der Waals surface area contributed by atoms with E-state index in [1.807, 2.05) is 0 Å². The molecule has 0 aromatic heterocycles. The van der Waals surface area contributed by atoms with Gasteiger partial charge in [-0.25, -0.2) is 0 Å². The predicted octanol–water partition coefficient (Wildman–Crippen LogP) is 2.06. The van der Waals surface area contributed by atoms with Gasteiger partial charge in [-0.15, -0.1) is 0 Å². The molecule has 0 bridgehead atoms. The van der Waals surface area contributed by atoms with E-state index >= 15 is 0 Å². The van der Waals surface area contributed by atoms with E-state index in [-0.39, 0.29) is 12.4 Å². The van der Waals surface area contributed by atoms with Crippen LogP contribution in [0.2, 0.25) is 0 Å². The van der Waals surface area contributed by atoms with Crippen LogP contribution < -0.4 is 10.4 Å². The molecule has 27 heavy (non-hydrogen) atoms. The third-order valence-electron chi connectivity index (χ3n) is 4.87. The van der Waals surface area contributed by atoms with Crippen LogP contribution in [0.5, 0.6) is 5.75 Å². The van der Waals surface area contributed by atoms with E-state index in [2.05, 4.69) is 11.9 Å². The number of hydrogen-bond acceptors (Lipinski definition) is 7. The number of benzene rings is 1. The Hall–Kier alpha value is -3.16. The van der Waals surface area contributed by atoms with E-state index in [4.69, 9.17) is 4.74 Å². The molecule has 0 spiro atoms. The molecule has 8 nitrogen and oxygen atoms in total. The number of carbonyl (C=O) groups is 2. The first-order valence-electron chi connectivity index (χ1n) is 8.69. The normalized spacial score (nSPS) is 22.1. The summed E-state index contributed by atoms with van der Waals surface area (Å²) in [5.41, 5.74) is 1.23. The first-order chi connectivity index (χ1) is 12.8.